The fourth-order valence-electron chi connectivity index (χ4n) is 2.19. The molecule has 0 amide bonds. The highest BCUT2D eigenvalue weighted by atomic mass is 16.5. The summed E-state index contributed by atoms with van der Waals surface area (Å²) in [5.41, 5.74) is 0.738. The van der Waals surface area contributed by atoms with Crippen LogP contribution in [0.2, 0.25) is 0 Å². The van der Waals surface area contributed by atoms with Crippen molar-refractivity contribution in [1.82, 2.24) is 4.57 Å². The molecule has 0 aliphatic carbocycles. The van der Waals surface area contributed by atoms with Gasteiger partial charge in [0.05, 0.1) is 11.4 Å². The van der Waals surface area contributed by atoms with Gasteiger partial charge in [0.1, 0.15) is 12.4 Å². The van der Waals surface area contributed by atoms with Crippen LogP contribution in [0.1, 0.15) is 46.2 Å². The number of aryl methyl sites for hydroxylation is 1. The van der Waals surface area contributed by atoms with Gasteiger partial charge in [-0.05, 0) is 26.0 Å². The fraction of sp³-hybridized carbons (Fsp3) is 0.421. The Bertz CT molecular complexity index is 681. The Morgan fingerprint density at radius 3 is 2.36 bits per heavy atom. The maximum atomic E-state index is 12.2. The second-order valence-electron chi connectivity index (χ2n) is 4.44. The molecule has 1 unspecified atom stereocenters. The van der Waals surface area contributed by atoms with Crippen molar-refractivity contribution in [3.63, 3.8) is 0 Å². The molecule has 22 heavy (non-hydrogen) atoms. The number of pyridine rings is 1. The summed E-state index contributed by atoms with van der Waals surface area (Å²) in [6, 6.07) is 0.194. The molecular formula is C19H29NO2. The molecule has 0 radical (unpaired) electrons. The largest absolute Gasteiger partial charge is 0.489 e. The lowest BCUT2D eigenvalue weighted by molar-refractivity contribution is 0.203. The summed E-state index contributed by atoms with van der Waals surface area (Å²) in [7, 11) is 0. The van der Waals surface area contributed by atoms with Gasteiger partial charge in [-0.25, -0.2) is 0 Å². The molecule has 0 aromatic carbocycles. The smallest absolute Gasteiger partial charge is 0.192 e. The third-order valence-electron chi connectivity index (χ3n) is 3.11. The summed E-state index contributed by atoms with van der Waals surface area (Å²) in [6.07, 6.45) is 6.88. The Hall–Kier alpha value is -2.03. The molecule has 0 fully saturated rings. The maximum Gasteiger partial charge on any atom is 0.192 e. The van der Waals surface area contributed by atoms with Crippen LogP contribution in [0.5, 0.6) is 0 Å². The molecule has 0 saturated carbocycles. The summed E-state index contributed by atoms with van der Waals surface area (Å²) >= 11 is 0. The molecule has 1 aromatic heterocycles. The SMILES string of the molecule is C=C/C=c1/c(=O)c(C)cn2c1=C(C=C)OCC2C.CC.CC. The van der Waals surface area contributed by atoms with E-state index in [-0.39, 0.29) is 11.5 Å². The Balaban J connectivity index is 0.00000102. The molecule has 1 aliphatic rings. The normalized spacial score (nSPS) is 16.2. The Labute approximate surface area is 133 Å². The molecule has 2 rings (SSSR count). The predicted octanol–water partition coefficient (Wildman–Crippen LogP) is 3.06. The first-order valence-electron chi connectivity index (χ1n) is 7.94. The van der Waals surface area contributed by atoms with Crippen LogP contribution in [0.3, 0.4) is 0 Å². The van der Waals surface area contributed by atoms with Crippen LogP contribution in [0.25, 0.3) is 11.8 Å². The van der Waals surface area contributed by atoms with E-state index in [1.54, 1.807) is 18.2 Å². The first-order valence-corrected chi connectivity index (χ1v) is 7.94. The second-order valence-corrected chi connectivity index (χ2v) is 4.44. The van der Waals surface area contributed by atoms with Crippen molar-refractivity contribution in [2.24, 2.45) is 0 Å². The number of aromatic nitrogens is 1. The van der Waals surface area contributed by atoms with Crippen LogP contribution in [0.4, 0.5) is 0 Å². The molecule has 1 aromatic rings. The lowest BCUT2D eigenvalue weighted by atomic mass is 10.1. The Kier molecular flexibility index (Phi) is 8.92. The molecule has 1 atom stereocenters. The first-order chi connectivity index (χ1) is 10.6. The van der Waals surface area contributed by atoms with Crippen LogP contribution >= 0.6 is 0 Å². The van der Waals surface area contributed by atoms with Gasteiger partial charge in [0, 0.05) is 17.0 Å². The number of hydrogen-bond donors (Lipinski definition) is 0. The lowest BCUT2D eigenvalue weighted by Crippen LogP contribution is -2.50. The molecule has 0 saturated heterocycles. The van der Waals surface area contributed by atoms with E-state index in [1.807, 2.05) is 40.8 Å². The van der Waals surface area contributed by atoms with Crippen molar-refractivity contribution in [3.05, 3.63) is 57.9 Å². The minimum Gasteiger partial charge on any atom is -0.489 e. The van der Waals surface area contributed by atoms with E-state index in [4.69, 9.17) is 4.74 Å². The van der Waals surface area contributed by atoms with Crippen LogP contribution in [-0.2, 0) is 4.74 Å². The molecule has 1 aliphatic heterocycles. The summed E-state index contributed by atoms with van der Waals surface area (Å²) in [5.74, 6) is 0.651. The highest BCUT2D eigenvalue weighted by Crippen LogP contribution is 2.11. The number of ether oxygens (including phenoxy) is 1. The van der Waals surface area contributed by atoms with Crippen LogP contribution in [0.15, 0.2) is 36.3 Å². The summed E-state index contributed by atoms with van der Waals surface area (Å²) in [5, 5.41) is 1.41. The van der Waals surface area contributed by atoms with Crippen molar-refractivity contribution in [3.8, 4) is 0 Å². The van der Waals surface area contributed by atoms with Gasteiger partial charge >= 0.3 is 0 Å². The summed E-state index contributed by atoms with van der Waals surface area (Å²) in [4.78, 5) is 12.2. The number of nitrogens with zero attached hydrogens (tertiary/aromatic N) is 1. The molecule has 122 valence electrons. The van der Waals surface area contributed by atoms with Gasteiger partial charge in [-0.2, -0.15) is 0 Å². The molecule has 0 spiro atoms. The summed E-state index contributed by atoms with van der Waals surface area (Å²) in [6.45, 7) is 19.9. The molecular weight excluding hydrogens is 274 g/mol. The zero-order valence-corrected chi connectivity index (χ0v) is 14.8. The Morgan fingerprint density at radius 1 is 1.27 bits per heavy atom. The molecule has 2 heterocycles. The van der Waals surface area contributed by atoms with Gasteiger partial charge < -0.3 is 9.30 Å². The zero-order valence-electron chi connectivity index (χ0n) is 14.8. The zero-order chi connectivity index (χ0) is 17.3. The minimum absolute atomic E-state index is 0.0122. The third-order valence-corrected chi connectivity index (χ3v) is 3.11. The molecule has 0 N–H and O–H groups in total. The van der Waals surface area contributed by atoms with Gasteiger partial charge in [0.2, 0.25) is 0 Å². The van der Waals surface area contributed by atoms with Gasteiger partial charge in [0.25, 0.3) is 0 Å². The first kappa shape index (κ1) is 20.0. The average Bonchev–Trinajstić information content (AvgIpc) is 2.56. The quantitative estimate of drug-likeness (QED) is 0.841. The third kappa shape index (κ3) is 4.00. The van der Waals surface area contributed by atoms with Crippen LogP contribution in [-0.4, -0.2) is 11.2 Å². The van der Waals surface area contributed by atoms with Crippen LogP contribution in [0, 0.1) is 6.92 Å². The number of fused-ring (bicyclic) bond motifs is 1. The van der Waals surface area contributed by atoms with E-state index in [0.717, 1.165) is 10.9 Å². The number of allylic oxidation sites excluding steroid dienone is 1. The van der Waals surface area contributed by atoms with E-state index < -0.39 is 0 Å². The second kappa shape index (κ2) is 9.82. The number of hydrogen-bond acceptors (Lipinski definition) is 2. The average molecular weight is 303 g/mol. The standard InChI is InChI=1S/C15H17NO2.2C2H6/c1-5-7-12-14-13(6-2)18-9-11(4)16(14)8-10(3)15(12)17;2*1-2/h5-8,11H,1-2,9H2,3-4H3;2*1-2H3/b12-7+;;. The lowest BCUT2D eigenvalue weighted by Gasteiger charge is -2.25. The minimum atomic E-state index is 0.0122. The van der Waals surface area contributed by atoms with Gasteiger partial charge in [-0.15, -0.1) is 0 Å². The fourth-order valence-corrected chi connectivity index (χ4v) is 2.19. The number of rotatable bonds is 2. The summed E-state index contributed by atoms with van der Waals surface area (Å²) < 4.78 is 7.71. The molecule has 3 heteroatoms. The highest BCUT2D eigenvalue weighted by Gasteiger charge is 2.17. The van der Waals surface area contributed by atoms with Gasteiger partial charge in [0.15, 0.2) is 5.43 Å². The van der Waals surface area contributed by atoms with Crippen molar-refractivity contribution < 1.29 is 4.74 Å². The Morgan fingerprint density at radius 2 is 1.86 bits per heavy atom. The van der Waals surface area contributed by atoms with Crippen molar-refractivity contribution in [2.75, 3.05) is 6.61 Å². The van der Waals surface area contributed by atoms with E-state index in [0.29, 0.717) is 17.6 Å². The maximum absolute atomic E-state index is 12.2. The van der Waals surface area contributed by atoms with Gasteiger partial charge in [-0.3, -0.25) is 4.79 Å². The van der Waals surface area contributed by atoms with Crippen molar-refractivity contribution >= 4 is 11.8 Å². The highest BCUT2D eigenvalue weighted by molar-refractivity contribution is 5.50. The molecule has 3 nitrogen and oxygen atoms in total. The van der Waals surface area contributed by atoms with E-state index in [9.17, 15) is 4.79 Å². The van der Waals surface area contributed by atoms with E-state index in [1.165, 1.54) is 0 Å². The van der Waals surface area contributed by atoms with Crippen molar-refractivity contribution in [2.45, 2.75) is 47.6 Å². The molecule has 0 bridgehead atoms. The monoisotopic (exact) mass is 303 g/mol. The predicted molar refractivity (Wildman–Crippen MR) is 96.3 cm³/mol. The van der Waals surface area contributed by atoms with Crippen LogP contribution < -0.4 is 16.0 Å². The van der Waals surface area contributed by atoms with E-state index >= 15 is 0 Å². The topological polar surface area (TPSA) is 31.2 Å². The van der Waals surface area contributed by atoms with E-state index in [2.05, 4.69) is 24.6 Å². The van der Waals surface area contributed by atoms with Crippen molar-refractivity contribution in [1.29, 1.82) is 0 Å². The van der Waals surface area contributed by atoms with Gasteiger partial charge in [-0.1, -0.05) is 46.9 Å².